The minimum absolute atomic E-state index is 0. The van der Waals surface area contributed by atoms with E-state index in [2.05, 4.69) is 32.5 Å². The van der Waals surface area contributed by atoms with Crippen LogP contribution in [0.2, 0.25) is 0 Å². The van der Waals surface area contributed by atoms with E-state index in [9.17, 15) is 0 Å². The Kier molecular flexibility index (Phi) is 6.81. The van der Waals surface area contributed by atoms with Crippen molar-refractivity contribution in [2.75, 3.05) is 7.05 Å². The Morgan fingerprint density at radius 1 is 1.28 bits per heavy atom. The SMILES string of the molecule is CN=C(NCc1ccoc1)NCc1ccsc1.I. The van der Waals surface area contributed by atoms with E-state index in [0.717, 1.165) is 18.1 Å². The summed E-state index contributed by atoms with van der Waals surface area (Å²) in [5.74, 6) is 0.789. The Bertz CT molecular complexity index is 413. The number of furan rings is 1. The molecule has 0 unspecified atom stereocenters. The summed E-state index contributed by atoms with van der Waals surface area (Å²) in [5.41, 5.74) is 2.37. The van der Waals surface area contributed by atoms with Gasteiger partial charge in [0.25, 0.3) is 0 Å². The van der Waals surface area contributed by atoms with Crippen LogP contribution in [0.15, 0.2) is 44.8 Å². The first-order valence-corrected chi connectivity index (χ1v) is 6.29. The number of hydrogen-bond donors (Lipinski definition) is 2. The highest BCUT2D eigenvalue weighted by atomic mass is 127. The van der Waals surface area contributed by atoms with E-state index in [1.807, 2.05) is 6.07 Å². The van der Waals surface area contributed by atoms with Gasteiger partial charge in [0.05, 0.1) is 12.5 Å². The van der Waals surface area contributed by atoms with E-state index in [1.54, 1.807) is 30.9 Å². The number of guanidine groups is 1. The van der Waals surface area contributed by atoms with Gasteiger partial charge in [-0.1, -0.05) is 0 Å². The summed E-state index contributed by atoms with van der Waals surface area (Å²) in [7, 11) is 1.76. The molecule has 2 heterocycles. The van der Waals surface area contributed by atoms with Crippen LogP contribution in [0.4, 0.5) is 0 Å². The number of thiophene rings is 1. The largest absolute Gasteiger partial charge is 0.472 e. The second-order valence-corrected chi connectivity index (χ2v) is 4.32. The minimum Gasteiger partial charge on any atom is -0.472 e. The van der Waals surface area contributed by atoms with Gasteiger partial charge in [0.15, 0.2) is 5.96 Å². The van der Waals surface area contributed by atoms with Crippen LogP contribution in [-0.2, 0) is 13.1 Å². The lowest BCUT2D eigenvalue weighted by molar-refractivity contribution is 0.563. The van der Waals surface area contributed by atoms with Gasteiger partial charge in [-0.3, -0.25) is 4.99 Å². The summed E-state index contributed by atoms with van der Waals surface area (Å²) in [6.45, 7) is 1.49. The maximum atomic E-state index is 5.00. The summed E-state index contributed by atoms with van der Waals surface area (Å²) in [4.78, 5) is 4.15. The average molecular weight is 377 g/mol. The molecule has 0 atom stereocenters. The summed E-state index contributed by atoms with van der Waals surface area (Å²) in [6, 6.07) is 4.03. The molecule has 2 aromatic heterocycles. The molecule has 0 aliphatic heterocycles. The molecule has 0 amide bonds. The van der Waals surface area contributed by atoms with Crippen molar-refractivity contribution in [3.8, 4) is 0 Å². The van der Waals surface area contributed by atoms with E-state index in [4.69, 9.17) is 4.42 Å². The van der Waals surface area contributed by atoms with Crippen LogP contribution in [0.1, 0.15) is 11.1 Å². The highest BCUT2D eigenvalue weighted by molar-refractivity contribution is 14.0. The highest BCUT2D eigenvalue weighted by Crippen LogP contribution is 2.04. The zero-order valence-electron chi connectivity index (χ0n) is 10.1. The van der Waals surface area contributed by atoms with Crippen LogP contribution in [-0.4, -0.2) is 13.0 Å². The number of aliphatic imine (C=N–C) groups is 1. The van der Waals surface area contributed by atoms with Gasteiger partial charge in [-0.15, -0.1) is 24.0 Å². The highest BCUT2D eigenvalue weighted by Gasteiger charge is 1.99. The van der Waals surface area contributed by atoms with Crippen LogP contribution < -0.4 is 10.6 Å². The summed E-state index contributed by atoms with van der Waals surface area (Å²) >= 11 is 1.70. The number of halogens is 1. The van der Waals surface area contributed by atoms with Gasteiger partial charge in [0.2, 0.25) is 0 Å². The molecule has 0 radical (unpaired) electrons. The average Bonchev–Trinajstić information content (AvgIpc) is 3.02. The third-order valence-electron chi connectivity index (χ3n) is 2.30. The first-order chi connectivity index (χ1) is 8.38. The first-order valence-electron chi connectivity index (χ1n) is 5.35. The normalized spacial score (nSPS) is 10.8. The van der Waals surface area contributed by atoms with Crippen molar-refractivity contribution in [3.63, 3.8) is 0 Å². The molecule has 4 nitrogen and oxygen atoms in total. The van der Waals surface area contributed by atoms with Crippen molar-refractivity contribution in [2.24, 2.45) is 4.99 Å². The van der Waals surface area contributed by atoms with Crippen molar-refractivity contribution in [2.45, 2.75) is 13.1 Å². The van der Waals surface area contributed by atoms with Gasteiger partial charge in [-0.2, -0.15) is 11.3 Å². The zero-order chi connectivity index (χ0) is 11.9. The van der Waals surface area contributed by atoms with Gasteiger partial charge in [-0.05, 0) is 28.5 Å². The molecule has 0 saturated carbocycles. The molecule has 0 aliphatic carbocycles. The Hall–Kier alpha value is -1.02. The lowest BCUT2D eigenvalue weighted by Gasteiger charge is -2.10. The van der Waals surface area contributed by atoms with Crippen molar-refractivity contribution in [3.05, 3.63) is 46.5 Å². The van der Waals surface area contributed by atoms with Gasteiger partial charge in [-0.25, -0.2) is 0 Å². The van der Waals surface area contributed by atoms with Crippen LogP contribution in [0.25, 0.3) is 0 Å². The fourth-order valence-electron chi connectivity index (χ4n) is 1.38. The number of rotatable bonds is 4. The quantitative estimate of drug-likeness (QED) is 0.490. The molecular weight excluding hydrogens is 361 g/mol. The molecule has 0 saturated heterocycles. The molecule has 0 fully saturated rings. The zero-order valence-corrected chi connectivity index (χ0v) is 13.2. The van der Waals surface area contributed by atoms with E-state index >= 15 is 0 Å². The van der Waals surface area contributed by atoms with Crippen molar-refractivity contribution >= 4 is 41.3 Å². The molecular formula is C12H16IN3OS. The van der Waals surface area contributed by atoms with E-state index in [-0.39, 0.29) is 24.0 Å². The van der Waals surface area contributed by atoms with Gasteiger partial charge in [0.1, 0.15) is 0 Å². The van der Waals surface area contributed by atoms with Gasteiger partial charge in [0, 0.05) is 25.7 Å². The van der Waals surface area contributed by atoms with Crippen LogP contribution >= 0.6 is 35.3 Å². The van der Waals surface area contributed by atoms with Crippen molar-refractivity contribution < 1.29 is 4.42 Å². The molecule has 18 heavy (non-hydrogen) atoms. The lowest BCUT2D eigenvalue weighted by atomic mass is 10.3. The fourth-order valence-corrected chi connectivity index (χ4v) is 2.05. The van der Waals surface area contributed by atoms with E-state index < -0.39 is 0 Å². The summed E-state index contributed by atoms with van der Waals surface area (Å²) in [5, 5.41) is 10.7. The monoisotopic (exact) mass is 377 g/mol. The smallest absolute Gasteiger partial charge is 0.191 e. The lowest BCUT2D eigenvalue weighted by Crippen LogP contribution is -2.36. The molecule has 0 bridgehead atoms. The number of hydrogen-bond acceptors (Lipinski definition) is 3. The van der Waals surface area contributed by atoms with E-state index in [0.29, 0.717) is 6.54 Å². The Balaban J connectivity index is 0.00000162. The summed E-state index contributed by atoms with van der Waals surface area (Å²) < 4.78 is 5.00. The summed E-state index contributed by atoms with van der Waals surface area (Å²) in [6.07, 6.45) is 3.39. The fraction of sp³-hybridized carbons (Fsp3) is 0.250. The van der Waals surface area contributed by atoms with Crippen LogP contribution in [0, 0.1) is 0 Å². The minimum atomic E-state index is 0. The van der Waals surface area contributed by atoms with E-state index in [1.165, 1.54) is 5.56 Å². The third kappa shape index (κ3) is 4.69. The molecule has 0 aliphatic rings. The number of nitrogens with zero attached hydrogens (tertiary/aromatic N) is 1. The van der Waals surface area contributed by atoms with Crippen molar-refractivity contribution in [1.82, 2.24) is 10.6 Å². The Labute approximate surface area is 128 Å². The molecule has 2 N–H and O–H groups in total. The molecule has 6 heteroatoms. The number of nitrogens with one attached hydrogen (secondary N) is 2. The Morgan fingerprint density at radius 3 is 2.61 bits per heavy atom. The third-order valence-corrected chi connectivity index (χ3v) is 3.04. The van der Waals surface area contributed by atoms with Gasteiger partial charge < -0.3 is 15.1 Å². The maximum absolute atomic E-state index is 5.00. The van der Waals surface area contributed by atoms with Crippen LogP contribution in [0.3, 0.4) is 0 Å². The second kappa shape index (κ2) is 8.15. The topological polar surface area (TPSA) is 49.6 Å². The predicted octanol–water partition coefficient (Wildman–Crippen LogP) is 2.82. The molecule has 0 aromatic carbocycles. The predicted molar refractivity (Wildman–Crippen MR) is 85.5 cm³/mol. The molecule has 2 aromatic rings. The molecule has 98 valence electrons. The maximum Gasteiger partial charge on any atom is 0.191 e. The Morgan fingerprint density at radius 2 is 2.06 bits per heavy atom. The first kappa shape index (κ1) is 15.0. The van der Waals surface area contributed by atoms with Gasteiger partial charge >= 0.3 is 0 Å². The van der Waals surface area contributed by atoms with Crippen LogP contribution in [0.5, 0.6) is 0 Å². The standard InChI is InChI=1S/C12H15N3OS.HI/c1-13-12(14-6-10-2-4-16-8-10)15-7-11-3-5-17-9-11;/h2-5,8-9H,6-7H2,1H3,(H2,13,14,15);1H. The molecule has 2 rings (SSSR count). The second-order valence-electron chi connectivity index (χ2n) is 3.54. The molecule has 0 spiro atoms. The van der Waals surface area contributed by atoms with Crippen molar-refractivity contribution in [1.29, 1.82) is 0 Å².